The Balaban J connectivity index is -0.0000000204. The molecule has 0 aliphatic heterocycles. The van der Waals surface area contributed by atoms with E-state index < -0.39 is 0 Å². The summed E-state index contributed by atoms with van der Waals surface area (Å²) in [5.41, 5.74) is 0. The average Bonchev–Trinajstić information content (AvgIpc) is 3.03. The molecule has 1 aromatic carbocycles. The zero-order valence-corrected chi connectivity index (χ0v) is 34.4. The Labute approximate surface area is 318 Å². The normalized spacial score (nSPS) is 12.0. The van der Waals surface area contributed by atoms with Crippen LogP contribution in [0.25, 0.3) is 0 Å². The molecule has 0 heterocycles. The van der Waals surface area contributed by atoms with Crippen molar-refractivity contribution < 1.29 is 196 Å². The fraction of sp³-hybridized carbons (Fsp3) is 0.450. The Morgan fingerprint density at radius 1 is 0.462 bits per heavy atom. The van der Waals surface area contributed by atoms with E-state index in [1.54, 1.807) is 0 Å². The fourth-order valence-electron chi connectivity index (χ4n) is 1.96. The van der Waals surface area contributed by atoms with Crippen LogP contribution in [-0.2, 0) is 196 Å². The molecule has 26 heavy (non-hydrogen) atoms. The van der Waals surface area contributed by atoms with Crippen molar-refractivity contribution in [2.24, 2.45) is 0 Å². The van der Waals surface area contributed by atoms with Gasteiger partial charge in [-0.2, -0.15) is 62.1 Å². The van der Waals surface area contributed by atoms with Crippen molar-refractivity contribution >= 4 is 0 Å². The molecule has 0 saturated heterocycles. The van der Waals surface area contributed by atoms with Crippen molar-refractivity contribution in [1.82, 2.24) is 0 Å². The van der Waals surface area contributed by atoms with Crippen LogP contribution in [0.5, 0.6) is 0 Å². The monoisotopic (exact) mass is 808 g/mol. The van der Waals surface area contributed by atoms with E-state index in [-0.39, 0.29) is 219 Å². The molecule has 6 heteroatoms. The van der Waals surface area contributed by atoms with E-state index in [2.05, 4.69) is 18.9 Å². The standard InChI is InChI=1S/C6H11.C6H5.C5H9.3CH3.6Y/c2*1-2-4-6-5-3-1;1-2-4-5-3-1;;;;;;;;;/h1H,2-6H2;1-5H;1H,2-5H2;3*1H3;;;;;;/q6*-1;;;;;;. The molecule has 0 bridgehead atoms. The van der Waals surface area contributed by atoms with Crippen LogP contribution in [0.4, 0.5) is 0 Å². The molecule has 2 aliphatic carbocycles. The maximum absolute atomic E-state index is 2.89. The van der Waals surface area contributed by atoms with E-state index >= 15 is 0 Å². The number of hydrogen-bond acceptors (Lipinski definition) is 0. The van der Waals surface area contributed by atoms with Gasteiger partial charge in [0.1, 0.15) is 0 Å². The van der Waals surface area contributed by atoms with Gasteiger partial charge in [-0.3, -0.25) is 0 Å². The molecule has 0 aromatic heterocycles. The Morgan fingerprint density at radius 2 is 0.769 bits per heavy atom. The molecule has 0 N–H and O–H groups in total. The van der Waals surface area contributed by atoms with Gasteiger partial charge in [0, 0.05) is 196 Å². The molecule has 3 rings (SSSR count). The molecule has 0 unspecified atom stereocenters. The van der Waals surface area contributed by atoms with E-state index in [1.165, 1.54) is 57.8 Å². The predicted molar refractivity (Wildman–Crippen MR) is 94.7 cm³/mol. The Kier molecular flexibility index (Phi) is 118. The van der Waals surface area contributed by atoms with Crippen LogP contribution in [0.15, 0.2) is 30.3 Å². The summed E-state index contributed by atoms with van der Waals surface area (Å²) < 4.78 is 0. The van der Waals surface area contributed by atoms with E-state index in [0.717, 1.165) is 0 Å². The minimum absolute atomic E-state index is 0. The molecule has 2 saturated carbocycles. The minimum Gasteiger partial charge on any atom is -0.358 e. The maximum Gasteiger partial charge on any atom is 0 e. The second-order valence-corrected chi connectivity index (χ2v) is 4.58. The zero-order valence-electron chi connectivity index (χ0n) is 17.4. The largest absolute Gasteiger partial charge is 0.358 e. The van der Waals surface area contributed by atoms with Crippen LogP contribution in [0.1, 0.15) is 57.8 Å². The first-order chi connectivity index (χ1) is 8.50. The first-order valence-corrected chi connectivity index (χ1v) is 7.04. The van der Waals surface area contributed by atoms with Gasteiger partial charge in [-0.15, -0.1) is 0 Å². The van der Waals surface area contributed by atoms with E-state index in [1.807, 2.05) is 30.3 Å². The van der Waals surface area contributed by atoms with Gasteiger partial charge in [-0.25, -0.2) is 0 Å². The van der Waals surface area contributed by atoms with E-state index in [4.69, 9.17) is 0 Å². The second-order valence-electron chi connectivity index (χ2n) is 4.58. The van der Waals surface area contributed by atoms with E-state index in [0.29, 0.717) is 0 Å². The quantitative estimate of drug-likeness (QED) is 0.255. The molecular weight excluding hydrogens is 774 g/mol. The zero-order chi connectivity index (χ0) is 12.0. The van der Waals surface area contributed by atoms with Gasteiger partial charge in [-0.05, 0) is 0 Å². The first-order valence-electron chi connectivity index (χ1n) is 7.04. The molecule has 138 valence electrons. The van der Waals surface area contributed by atoms with Crippen LogP contribution in [0, 0.1) is 41.2 Å². The van der Waals surface area contributed by atoms with Crippen molar-refractivity contribution in [3.05, 3.63) is 71.5 Å². The summed E-state index contributed by atoms with van der Waals surface area (Å²) in [6, 6.07) is 12.5. The van der Waals surface area contributed by atoms with Gasteiger partial charge < -0.3 is 35.1 Å². The fourth-order valence-corrected chi connectivity index (χ4v) is 1.96. The molecule has 2 fully saturated rings. The Bertz CT molecular complexity index is 193. The maximum atomic E-state index is 2.89. The number of hydrogen-bond donors (Lipinski definition) is 0. The van der Waals surface area contributed by atoms with Crippen molar-refractivity contribution in [3.63, 3.8) is 0 Å². The van der Waals surface area contributed by atoms with Gasteiger partial charge in [0.05, 0.1) is 0 Å². The van der Waals surface area contributed by atoms with Crippen molar-refractivity contribution in [2.45, 2.75) is 57.8 Å². The van der Waals surface area contributed by atoms with Crippen LogP contribution < -0.4 is 0 Å². The third-order valence-corrected chi connectivity index (χ3v) is 2.99. The van der Waals surface area contributed by atoms with Gasteiger partial charge in [0.2, 0.25) is 0 Å². The molecule has 0 atom stereocenters. The van der Waals surface area contributed by atoms with Crippen molar-refractivity contribution in [2.75, 3.05) is 0 Å². The second kappa shape index (κ2) is 52.6. The summed E-state index contributed by atoms with van der Waals surface area (Å²) in [5.74, 6) is 0. The molecule has 0 nitrogen and oxygen atoms in total. The van der Waals surface area contributed by atoms with Crippen molar-refractivity contribution in [1.29, 1.82) is 0 Å². The molecule has 0 amide bonds. The first kappa shape index (κ1) is 58.1. The average molecular weight is 808 g/mol. The molecule has 1 aromatic rings. The summed E-state index contributed by atoms with van der Waals surface area (Å²) in [4.78, 5) is 0. The summed E-state index contributed by atoms with van der Waals surface area (Å²) in [7, 11) is 0. The van der Waals surface area contributed by atoms with Crippen LogP contribution in [0.3, 0.4) is 0 Å². The number of benzene rings is 1. The third-order valence-electron chi connectivity index (χ3n) is 2.99. The Morgan fingerprint density at radius 3 is 0.885 bits per heavy atom. The topological polar surface area (TPSA) is 0 Å². The van der Waals surface area contributed by atoms with Gasteiger partial charge in [0.15, 0.2) is 0 Å². The summed E-state index contributed by atoms with van der Waals surface area (Å²) in [6.07, 6.45) is 17.5. The third kappa shape index (κ3) is 47.6. The van der Waals surface area contributed by atoms with Gasteiger partial charge >= 0.3 is 0 Å². The van der Waals surface area contributed by atoms with Gasteiger partial charge in [0.25, 0.3) is 0 Å². The predicted octanol–water partition coefficient (Wildman–Crippen LogP) is 6.74. The summed E-state index contributed by atoms with van der Waals surface area (Å²) in [6.45, 7) is 0. The Hall–Kier alpha value is 5.84. The van der Waals surface area contributed by atoms with Crippen molar-refractivity contribution in [3.8, 4) is 0 Å². The molecular formula is C20H34Y6-6. The van der Waals surface area contributed by atoms with Crippen LogP contribution in [-0.4, -0.2) is 0 Å². The minimum atomic E-state index is 0. The number of rotatable bonds is 0. The molecule has 6 radical (unpaired) electrons. The van der Waals surface area contributed by atoms with E-state index in [9.17, 15) is 0 Å². The van der Waals surface area contributed by atoms with Crippen LogP contribution in [0.2, 0.25) is 0 Å². The smallest absolute Gasteiger partial charge is 0 e. The molecule has 0 spiro atoms. The van der Waals surface area contributed by atoms with Crippen LogP contribution >= 0.6 is 0 Å². The summed E-state index contributed by atoms with van der Waals surface area (Å²) >= 11 is 0. The summed E-state index contributed by atoms with van der Waals surface area (Å²) in [5, 5.41) is 0. The SMILES string of the molecule is [CH-]1CCCC1.[CH-]1CCCCC1.[CH3-].[CH3-].[CH3-].[Y].[Y].[Y].[Y].[Y].[Y].[c-]1ccccc1. The molecule has 2 aliphatic rings. The van der Waals surface area contributed by atoms with Gasteiger partial charge in [-0.1, -0.05) is 32.1 Å².